The van der Waals surface area contributed by atoms with Crippen molar-refractivity contribution in [2.75, 3.05) is 21.1 Å². The van der Waals surface area contributed by atoms with Crippen molar-refractivity contribution in [1.29, 1.82) is 0 Å². The van der Waals surface area contributed by atoms with Gasteiger partial charge in [0.1, 0.15) is 0 Å². The first-order valence-corrected chi connectivity index (χ1v) is 11.0. The summed E-state index contributed by atoms with van der Waals surface area (Å²) in [5.74, 6) is -1.89. The lowest BCUT2D eigenvalue weighted by Gasteiger charge is -2.43. The Hall–Kier alpha value is -3.44. The molecule has 0 aromatic heterocycles. The molecule has 0 radical (unpaired) electrons. The maximum atomic E-state index is 13.4. The molecule has 10 nitrogen and oxygen atoms in total. The summed E-state index contributed by atoms with van der Waals surface area (Å²) in [5.41, 5.74) is 2.30. The number of benzene rings is 2. The van der Waals surface area contributed by atoms with Gasteiger partial charge in [0.25, 0.3) is 0 Å². The van der Waals surface area contributed by atoms with Crippen molar-refractivity contribution in [3.05, 3.63) is 70.1 Å². The van der Waals surface area contributed by atoms with Gasteiger partial charge in [-0.3, -0.25) is 20.0 Å². The van der Waals surface area contributed by atoms with E-state index in [9.17, 15) is 20.0 Å². The zero-order valence-corrected chi connectivity index (χ0v) is 18.8. The number of rotatable bonds is 6. The Bertz CT molecular complexity index is 1040. The standard InChI is InChI=1S/C24H26N4O6/c1-13-11-17(27(31)32)7-9-19(13)25-23(29)21-15-3-5-16(6-4-15)22(21)24(30)26-20-10-8-18(28(33)34)12-14(20)2/h3,5,7-12,15-16,21-22,31,33H,4,6H2,1-2H3,(H,25,29)(H,26,30)/q-2/t15-,16-,21-,22+/m1/s1. The fraction of sp³-hybridized carbons (Fsp3) is 0.333. The van der Waals surface area contributed by atoms with Crippen molar-refractivity contribution < 1.29 is 20.0 Å². The Balaban J connectivity index is 1.55. The third-order valence-corrected chi connectivity index (χ3v) is 6.73. The molecular formula is C24H26N4O6-2. The van der Waals surface area contributed by atoms with E-state index in [1.807, 2.05) is 12.2 Å². The third kappa shape index (κ3) is 4.62. The molecule has 5 rings (SSSR count). The minimum absolute atomic E-state index is 0.0510. The number of carbonyl (C=O) groups excluding carboxylic acids is 2. The first-order valence-electron chi connectivity index (χ1n) is 11.0. The predicted octanol–water partition coefficient (Wildman–Crippen LogP) is 4.10. The van der Waals surface area contributed by atoms with Gasteiger partial charge in [-0.2, -0.15) is 0 Å². The first kappa shape index (κ1) is 23.7. The van der Waals surface area contributed by atoms with Gasteiger partial charge in [0.15, 0.2) is 0 Å². The second kappa shape index (κ2) is 9.43. The summed E-state index contributed by atoms with van der Waals surface area (Å²) in [5, 5.41) is 45.7. The lowest BCUT2D eigenvalue weighted by atomic mass is 9.61. The maximum absolute atomic E-state index is 13.4. The molecule has 4 atom stereocenters. The van der Waals surface area contributed by atoms with Crippen LogP contribution in [-0.2, 0) is 9.59 Å². The van der Waals surface area contributed by atoms with Crippen LogP contribution in [0.15, 0.2) is 48.6 Å². The Kier molecular flexibility index (Phi) is 6.58. The van der Waals surface area contributed by atoms with E-state index in [4.69, 9.17) is 10.4 Å². The summed E-state index contributed by atoms with van der Waals surface area (Å²) in [4.78, 5) is 26.7. The van der Waals surface area contributed by atoms with Crippen LogP contribution in [0.5, 0.6) is 0 Å². The highest BCUT2D eigenvalue weighted by molar-refractivity contribution is 6.01. The Labute approximate surface area is 196 Å². The molecule has 10 heteroatoms. The summed E-state index contributed by atoms with van der Waals surface area (Å²) in [6, 6.07) is 8.80. The molecule has 0 aliphatic heterocycles. The third-order valence-electron chi connectivity index (χ3n) is 6.73. The van der Waals surface area contributed by atoms with E-state index >= 15 is 0 Å². The molecule has 1 fully saturated rings. The Morgan fingerprint density at radius 1 is 0.794 bits per heavy atom. The van der Waals surface area contributed by atoms with Crippen LogP contribution in [0.25, 0.3) is 0 Å². The number of hydrogen-bond acceptors (Lipinski definition) is 8. The van der Waals surface area contributed by atoms with Crippen molar-refractivity contribution in [3.8, 4) is 0 Å². The van der Waals surface area contributed by atoms with Crippen LogP contribution in [0.2, 0.25) is 0 Å². The largest absolute Gasteiger partial charge is 0.733 e. The molecule has 2 amide bonds. The molecule has 0 spiro atoms. The number of nitrogens with zero attached hydrogens (tertiary/aromatic N) is 2. The second-order valence-electron chi connectivity index (χ2n) is 8.86. The Morgan fingerprint density at radius 2 is 1.18 bits per heavy atom. The minimum Gasteiger partial charge on any atom is -0.733 e. The molecule has 2 aromatic carbocycles. The van der Waals surface area contributed by atoms with Crippen LogP contribution in [0.1, 0.15) is 24.0 Å². The summed E-state index contributed by atoms with van der Waals surface area (Å²) in [7, 11) is 0. The highest BCUT2D eigenvalue weighted by atomic mass is 16.8. The van der Waals surface area contributed by atoms with Gasteiger partial charge in [-0.05, 0) is 86.1 Å². The normalized spacial score (nSPS) is 22.9. The molecule has 34 heavy (non-hydrogen) atoms. The van der Waals surface area contributed by atoms with E-state index in [0.717, 1.165) is 12.8 Å². The van der Waals surface area contributed by atoms with Gasteiger partial charge >= 0.3 is 0 Å². The van der Waals surface area contributed by atoms with Crippen molar-refractivity contribution in [2.45, 2.75) is 26.7 Å². The van der Waals surface area contributed by atoms with Crippen molar-refractivity contribution >= 4 is 34.6 Å². The molecule has 3 aliphatic rings. The number of carbonyl (C=O) groups is 2. The zero-order chi connectivity index (χ0) is 24.6. The van der Waals surface area contributed by atoms with E-state index in [1.54, 1.807) is 26.0 Å². The van der Waals surface area contributed by atoms with E-state index < -0.39 is 11.8 Å². The number of nitrogens with one attached hydrogen (secondary N) is 2. The summed E-state index contributed by atoms with van der Waals surface area (Å²) in [6.45, 7) is 3.42. The van der Waals surface area contributed by atoms with Gasteiger partial charge in [-0.25, -0.2) is 0 Å². The smallest absolute Gasteiger partial charge is 0.228 e. The SMILES string of the molecule is Cc1cc(N([O-])O)ccc1NC(=O)[C@@H]1[C@H](C(=O)Nc2ccc(N([O-])O)cc2C)[C@@H]2C=C[C@@H]1CC2. The van der Waals surface area contributed by atoms with Crippen LogP contribution >= 0.6 is 0 Å². The van der Waals surface area contributed by atoms with Crippen LogP contribution in [0.3, 0.4) is 0 Å². The molecule has 0 unspecified atom stereocenters. The van der Waals surface area contributed by atoms with Crippen LogP contribution in [-0.4, -0.2) is 22.2 Å². The van der Waals surface area contributed by atoms with Crippen LogP contribution in [0.4, 0.5) is 22.7 Å². The van der Waals surface area contributed by atoms with Crippen molar-refractivity contribution in [1.82, 2.24) is 0 Å². The number of fused-ring (bicyclic) bond motifs is 2. The van der Waals surface area contributed by atoms with Gasteiger partial charge in [0, 0.05) is 11.4 Å². The lowest BCUT2D eigenvalue weighted by Crippen LogP contribution is -2.48. The number of aryl methyl sites for hydroxylation is 2. The van der Waals surface area contributed by atoms with E-state index in [1.165, 1.54) is 24.3 Å². The van der Waals surface area contributed by atoms with E-state index in [2.05, 4.69) is 10.6 Å². The molecule has 1 saturated carbocycles. The first-order chi connectivity index (χ1) is 16.2. The van der Waals surface area contributed by atoms with Gasteiger partial charge in [-0.15, -0.1) is 0 Å². The quantitative estimate of drug-likeness (QED) is 0.367. The van der Waals surface area contributed by atoms with Crippen LogP contribution < -0.4 is 21.1 Å². The van der Waals surface area contributed by atoms with Gasteiger partial charge in [-0.1, -0.05) is 12.2 Å². The van der Waals surface area contributed by atoms with Gasteiger partial charge < -0.3 is 31.5 Å². The lowest BCUT2D eigenvalue weighted by molar-refractivity contribution is -0.134. The Morgan fingerprint density at radius 3 is 1.47 bits per heavy atom. The number of anilines is 4. The summed E-state index contributed by atoms with van der Waals surface area (Å²) in [6.07, 6.45) is 5.62. The van der Waals surface area contributed by atoms with Gasteiger partial charge in [0.05, 0.1) is 23.2 Å². The number of amides is 2. The average molecular weight is 466 g/mol. The monoisotopic (exact) mass is 466 g/mol. The van der Waals surface area contributed by atoms with Crippen molar-refractivity contribution in [3.63, 3.8) is 0 Å². The van der Waals surface area contributed by atoms with Gasteiger partial charge in [0.2, 0.25) is 11.8 Å². The van der Waals surface area contributed by atoms with Crippen molar-refractivity contribution in [2.24, 2.45) is 23.7 Å². The molecule has 2 bridgehead atoms. The fourth-order valence-corrected chi connectivity index (χ4v) is 4.96. The minimum atomic E-state index is -0.578. The molecule has 180 valence electrons. The second-order valence-corrected chi connectivity index (χ2v) is 8.86. The molecule has 2 aromatic rings. The topological polar surface area (TPSA) is 151 Å². The average Bonchev–Trinajstić information content (AvgIpc) is 2.81. The molecule has 4 N–H and O–H groups in total. The predicted molar refractivity (Wildman–Crippen MR) is 127 cm³/mol. The molecule has 3 aliphatic carbocycles. The molecule has 0 heterocycles. The number of hydrogen-bond donors (Lipinski definition) is 4. The summed E-state index contributed by atoms with van der Waals surface area (Å²) < 4.78 is 0. The highest BCUT2D eigenvalue weighted by Gasteiger charge is 2.48. The van der Waals surface area contributed by atoms with E-state index in [0.29, 0.717) is 22.5 Å². The highest BCUT2D eigenvalue weighted by Crippen LogP contribution is 2.46. The number of allylic oxidation sites excluding steroid dienone is 2. The summed E-state index contributed by atoms with van der Waals surface area (Å²) >= 11 is 0. The molecule has 0 saturated heterocycles. The fourth-order valence-electron chi connectivity index (χ4n) is 4.96. The molecular weight excluding hydrogens is 440 g/mol. The zero-order valence-electron chi connectivity index (χ0n) is 18.8. The maximum Gasteiger partial charge on any atom is 0.228 e. The van der Waals surface area contributed by atoms with Crippen LogP contribution in [0, 0.1) is 47.9 Å². The van der Waals surface area contributed by atoms with E-state index in [-0.39, 0.29) is 45.5 Å².